The van der Waals surface area contributed by atoms with Gasteiger partial charge in [-0.15, -0.1) is 0 Å². The minimum atomic E-state index is -4.23. The van der Waals surface area contributed by atoms with Crippen molar-refractivity contribution in [3.63, 3.8) is 0 Å². The second-order valence-electron chi connectivity index (χ2n) is 6.95. The largest absolute Gasteiger partial charge is 0.308 e. The smallest absolute Gasteiger partial charge is 0.264 e. The molecule has 1 aliphatic heterocycles. The number of nitrogens with one attached hydrogen (secondary N) is 1. The molecule has 3 aromatic rings. The third-order valence-corrected chi connectivity index (χ3v) is 6.31. The zero-order valence-electron chi connectivity index (χ0n) is 15.8. The molecule has 3 aromatic carbocycles. The Morgan fingerprint density at radius 1 is 0.967 bits per heavy atom. The van der Waals surface area contributed by atoms with Gasteiger partial charge in [-0.05, 0) is 60.9 Å². The summed E-state index contributed by atoms with van der Waals surface area (Å²) in [6.45, 7) is 0.562. The number of fused-ring (bicyclic) bond motifs is 1. The number of carbonyl (C=O) groups excluding carboxylic acids is 1. The van der Waals surface area contributed by atoms with Crippen LogP contribution in [0.5, 0.6) is 0 Å². The van der Waals surface area contributed by atoms with Gasteiger partial charge in [-0.1, -0.05) is 18.2 Å². The van der Waals surface area contributed by atoms with Crippen LogP contribution in [-0.4, -0.2) is 20.9 Å². The van der Waals surface area contributed by atoms with Crippen molar-refractivity contribution in [2.24, 2.45) is 0 Å². The minimum Gasteiger partial charge on any atom is -0.308 e. The SMILES string of the molecule is O=C(c1ccccc1)N1CCCc2cc(NS(=O)(=O)c3ccc(F)cc3F)ccc21. The molecule has 0 radical (unpaired) electrons. The molecule has 0 bridgehead atoms. The third-order valence-electron chi connectivity index (χ3n) is 4.90. The summed E-state index contributed by atoms with van der Waals surface area (Å²) in [5.41, 5.74) is 2.34. The first-order valence-corrected chi connectivity index (χ1v) is 10.8. The maximum Gasteiger partial charge on any atom is 0.264 e. The summed E-state index contributed by atoms with van der Waals surface area (Å²) >= 11 is 0. The van der Waals surface area contributed by atoms with Gasteiger partial charge in [-0.25, -0.2) is 17.2 Å². The molecule has 1 aliphatic rings. The van der Waals surface area contributed by atoms with Crippen LogP contribution in [0, 0.1) is 11.6 Å². The monoisotopic (exact) mass is 428 g/mol. The van der Waals surface area contributed by atoms with Gasteiger partial charge in [0.15, 0.2) is 0 Å². The molecular formula is C22H18F2N2O3S. The zero-order chi connectivity index (χ0) is 21.3. The van der Waals surface area contributed by atoms with Gasteiger partial charge in [0.2, 0.25) is 0 Å². The Morgan fingerprint density at radius 3 is 2.47 bits per heavy atom. The Balaban J connectivity index is 1.62. The standard InChI is InChI=1S/C22H18F2N2O3S/c23-17-8-11-21(19(24)14-17)30(28,29)25-18-9-10-20-16(13-18)7-4-12-26(20)22(27)15-5-2-1-3-6-15/h1-3,5-6,8-11,13-14,25H,4,7,12H2. The molecule has 30 heavy (non-hydrogen) atoms. The normalized spacial score (nSPS) is 13.6. The van der Waals surface area contributed by atoms with Crippen LogP contribution in [0.25, 0.3) is 0 Å². The Morgan fingerprint density at radius 2 is 1.73 bits per heavy atom. The van der Waals surface area contributed by atoms with Crippen molar-refractivity contribution < 1.29 is 22.0 Å². The first-order chi connectivity index (χ1) is 14.3. The second-order valence-corrected chi connectivity index (χ2v) is 8.60. The van der Waals surface area contributed by atoms with Gasteiger partial charge in [-0.3, -0.25) is 9.52 Å². The molecule has 0 aliphatic carbocycles. The van der Waals surface area contributed by atoms with Gasteiger partial charge < -0.3 is 4.90 Å². The fourth-order valence-electron chi connectivity index (χ4n) is 3.51. The van der Waals surface area contributed by atoms with Gasteiger partial charge in [0.1, 0.15) is 16.5 Å². The summed E-state index contributed by atoms with van der Waals surface area (Å²) in [5, 5.41) is 0. The first-order valence-electron chi connectivity index (χ1n) is 9.33. The highest BCUT2D eigenvalue weighted by atomic mass is 32.2. The Labute approximate surface area is 173 Å². The summed E-state index contributed by atoms with van der Waals surface area (Å²) in [7, 11) is -4.23. The quantitative estimate of drug-likeness (QED) is 0.672. The number of sulfonamides is 1. The number of carbonyl (C=O) groups is 1. The molecular weight excluding hydrogens is 410 g/mol. The van der Waals surface area contributed by atoms with E-state index in [0.717, 1.165) is 24.1 Å². The average Bonchev–Trinajstić information content (AvgIpc) is 2.72. The molecule has 0 fully saturated rings. The molecule has 5 nitrogen and oxygen atoms in total. The van der Waals surface area contributed by atoms with Crippen LogP contribution in [0.3, 0.4) is 0 Å². The molecule has 0 aromatic heterocycles. The Bertz CT molecular complexity index is 1210. The van der Waals surface area contributed by atoms with E-state index < -0.39 is 26.6 Å². The van der Waals surface area contributed by atoms with Crippen molar-refractivity contribution in [1.29, 1.82) is 0 Å². The summed E-state index contributed by atoms with van der Waals surface area (Å²) < 4.78 is 54.4. The minimum absolute atomic E-state index is 0.127. The van der Waals surface area contributed by atoms with Gasteiger partial charge in [0.05, 0.1) is 0 Å². The highest BCUT2D eigenvalue weighted by Crippen LogP contribution is 2.32. The fourth-order valence-corrected chi connectivity index (χ4v) is 4.62. The maximum absolute atomic E-state index is 13.9. The van der Waals surface area contributed by atoms with E-state index in [0.29, 0.717) is 30.3 Å². The highest BCUT2D eigenvalue weighted by Gasteiger charge is 2.25. The van der Waals surface area contributed by atoms with Gasteiger partial charge in [-0.2, -0.15) is 0 Å². The van der Waals surface area contributed by atoms with E-state index in [1.165, 1.54) is 6.07 Å². The van der Waals surface area contributed by atoms with E-state index in [-0.39, 0.29) is 11.6 Å². The predicted octanol–water partition coefficient (Wildman–Crippen LogP) is 4.36. The lowest BCUT2D eigenvalue weighted by atomic mass is 10.00. The molecule has 4 rings (SSSR count). The van der Waals surface area contributed by atoms with Crippen molar-refractivity contribution in [1.82, 2.24) is 0 Å². The first kappa shape index (κ1) is 20.0. The molecule has 1 amide bonds. The third kappa shape index (κ3) is 3.91. The van der Waals surface area contributed by atoms with Gasteiger partial charge >= 0.3 is 0 Å². The number of aryl methyl sites for hydroxylation is 1. The molecule has 0 saturated carbocycles. The lowest BCUT2D eigenvalue weighted by Crippen LogP contribution is -2.35. The summed E-state index contributed by atoms with van der Waals surface area (Å²) in [6, 6.07) is 16.0. The van der Waals surface area contributed by atoms with Crippen molar-refractivity contribution in [2.75, 3.05) is 16.2 Å². The molecule has 0 atom stereocenters. The molecule has 1 N–H and O–H groups in total. The number of nitrogens with zero attached hydrogens (tertiary/aromatic N) is 1. The van der Waals surface area contributed by atoms with Crippen LogP contribution in [0.4, 0.5) is 20.2 Å². The Kier molecular flexibility index (Phi) is 5.26. The molecule has 0 spiro atoms. The number of hydrogen-bond donors (Lipinski definition) is 1. The molecule has 154 valence electrons. The maximum atomic E-state index is 13.9. The number of amides is 1. The van der Waals surface area contributed by atoms with Crippen molar-refractivity contribution in [3.8, 4) is 0 Å². The van der Waals surface area contributed by atoms with E-state index >= 15 is 0 Å². The summed E-state index contributed by atoms with van der Waals surface area (Å²) in [5.74, 6) is -2.15. The van der Waals surface area contributed by atoms with Crippen LogP contribution in [0.2, 0.25) is 0 Å². The lowest BCUT2D eigenvalue weighted by molar-refractivity contribution is 0.0985. The van der Waals surface area contributed by atoms with Gasteiger partial charge in [0.25, 0.3) is 15.9 Å². The molecule has 0 saturated heterocycles. The molecule has 1 heterocycles. The fraction of sp³-hybridized carbons (Fsp3) is 0.136. The van der Waals surface area contributed by atoms with E-state index in [9.17, 15) is 22.0 Å². The second kappa shape index (κ2) is 7.87. The van der Waals surface area contributed by atoms with Crippen LogP contribution in [0.15, 0.2) is 71.6 Å². The van der Waals surface area contributed by atoms with Gasteiger partial charge in [0, 0.05) is 29.5 Å². The number of benzene rings is 3. The number of hydrogen-bond acceptors (Lipinski definition) is 3. The summed E-state index contributed by atoms with van der Waals surface area (Å²) in [6.07, 6.45) is 1.41. The van der Waals surface area contributed by atoms with Crippen LogP contribution in [-0.2, 0) is 16.4 Å². The topological polar surface area (TPSA) is 66.5 Å². The average molecular weight is 428 g/mol. The van der Waals surface area contributed by atoms with E-state index in [1.807, 2.05) is 6.07 Å². The van der Waals surface area contributed by atoms with E-state index in [2.05, 4.69) is 4.72 Å². The summed E-state index contributed by atoms with van der Waals surface area (Å²) in [4.78, 5) is 13.9. The van der Waals surface area contributed by atoms with Crippen molar-refractivity contribution in [3.05, 3.63) is 89.5 Å². The molecule has 8 heteroatoms. The van der Waals surface area contributed by atoms with Crippen LogP contribution in [0.1, 0.15) is 22.3 Å². The van der Waals surface area contributed by atoms with Crippen molar-refractivity contribution in [2.45, 2.75) is 17.7 Å². The molecule has 0 unspecified atom stereocenters. The van der Waals surface area contributed by atoms with E-state index in [1.54, 1.807) is 41.3 Å². The van der Waals surface area contributed by atoms with E-state index in [4.69, 9.17) is 0 Å². The lowest BCUT2D eigenvalue weighted by Gasteiger charge is -2.30. The van der Waals surface area contributed by atoms with Crippen LogP contribution >= 0.6 is 0 Å². The zero-order valence-corrected chi connectivity index (χ0v) is 16.6. The highest BCUT2D eigenvalue weighted by molar-refractivity contribution is 7.92. The number of rotatable bonds is 4. The number of anilines is 2. The number of halogens is 2. The van der Waals surface area contributed by atoms with Crippen LogP contribution < -0.4 is 9.62 Å². The Hall–Kier alpha value is -3.26. The predicted molar refractivity (Wildman–Crippen MR) is 110 cm³/mol. The van der Waals surface area contributed by atoms with Crippen molar-refractivity contribution >= 4 is 27.3 Å².